The molecular formula is C19H30N2O3S. The second kappa shape index (κ2) is 8.32. The Balaban J connectivity index is 2.24. The number of sulfonamides is 1. The third-order valence-corrected chi connectivity index (χ3v) is 7.21. The molecule has 5 nitrogen and oxygen atoms in total. The highest BCUT2D eigenvalue weighted by atomic mass is 32.2. The number of hydrogen-bond donors (Lipinski definition) is 0. The van der Waals surface area contributed by atoms with Crippen molar-refractivity contribution in [3.8, 4) is 0 Å². The largest absolute Gasteiger partial charge is 0.339 e. The Bertz CT molecular complexity index is 692. The maximum atomic E-state index is 12.9. The molecule has 0 heterocycles. The van der Waals surface area contributed by atoms with Crippen LogP contribution < -0.4 is 0 Å². The van der Waals surface area contributed by atoms with Gasteiger partial charge in [-0.05, 0) is 44.9 Å². The lowest BCUT2D eigenvalue weighted by atomic mass is 10.1. The van der Waals surface area contributed by atoms with Crippen LogP contribution in [0.1, 0.15) is 62.7 Å². The van der Waals surface area contributed by atoms with Gasteiger partial charge >= 0.3 is 0 Å². The maximum absolute atomic E-state index is 12.9. The fourth-order valence-electron chi connectivity index (χ4n) is 3.25. The van der Waals surface area contributed by atoms with Gasteiger partial charge < -0.3 is 4.90 Å². The van der Waals surface area contributed by atoms with Crippen LogP contribution in [0.5, 0.6) is 0 Å². The Hall–Kier alpha value is -1.40. The first kappa shape index (κ1) is 19.9. The first-order valence-corrected chi connectivity index (χ1v) is 10.5. The molecule has 0 aliphatic heterocycles. The van der Waals surface area contributed by atoms with Crippen molar-refractivity contribution in [1.29, 1.82) is 0 Å². The van der Waals surface area contributed by atoms with Gasteiger partial charge in [0.05, 0.1) is 4.90 Å². The lowest BCUT2D eigenvalue weighted by Crippen LogP contribution is -2.37. The molecule has 25 heavy (non-hydrogen) atoms. The fourth-order valence-corrected chi connectivity index (χ4v) is 4.66. The smallest absolute Gasteiger partial charge is 0.253 e. The average molecular weight is 367 g/mol. The van der Waals surface area contributed by atoms with Gasteiger partial charge in [-0.25, -0.2) is 8.42 Å². The Morgan fingerprint density at radius 3 is 2.24 bits per heavy atom. The van der Waals surface area contributed by atoms with E-state index < -0.39 is 10.0 Å². The third-order valence-electron chi connectivity index (χ3n) is 5.18. The second-order valence-electron chi connectivity index (χ2n) is 7.20. The summed E-state index contributed by atoms with van der Waals surface area (Å²) >= 11 is 0. The van der Waals surface area contributed by atoms with Crippen LogP contribution in [0.4, 0.5) is 0 Å². The number of rotatable bonds is 5. The summed E-state index contributed by atoms with van der Waals surface area (Å²) < 4.78 is 26.7. The summed E-state index contributed by atoms with van der Waals surface area (Å²) in [6, 6.07) is 6.51. The van der Waals surface area contributed by atoms with Crippen molar-refractivity contribution >= 4 is 15.9 Å². The molecule has 6 heteroatoms. The quantitative estimate of drug-likeness (QED) is 0.749. The van der Waals surface area contributed by atoms with E-state index in [-0.39, 0.29) is 22.9 Å². The standard InChI is InChI=1S/C19H30N2O3S/c1-15(2)21(4)25(23,24)18-13-9-10-16(14-18)19(22)20(3)17-11-7-5-6-8-12-17/h9-10,13-15,17H,5-8,11-12H2,1-4H3. The molecule has 0 bridgehead atoms. The van der Waals surface area contributed by atoms with Crippen LogP contribution in [-0.4, -0.2) is 49.7 Å². The number of amides is 1. The summed E-state index contributed by atoms with van der Waals surface area (Å²) in [5.74, 6) is -0.101. The number of benzene rings is 1. The fraction of sp³-hybridized carbons (Fsp3) is 0.632. The summed E-state index contributed by atoms with van der Waals surface area (Å²) in [5.41, 5.74) is 0.435. The molecule has 0 unspecified atom stereocenters. The minimum Gasteiger partial charge on any atom is -0.339 e. The van der Waals surface area contributed by atoms with Gasteiger partial charge in [-0.3, -0.25) is 4.79 Å². The second-order valence-corrected chi connectivity index (χ2v) is 9.20. The Morgan fingerprint density at radius 1 is 1.08 bits per heavy atom. The van der Waals surface area contributed by atoms with E-state index >= 15 is 0 Å². The summed E-state index contributed by atoms with van der Waals surface area (Å²) in [4.78, 5) is 14.8. The van der Waals surface area contributed by atoms with Gasteiger partial charge in [-0.1, -0.05) is 31.7 Å². The molecule has 1 aromatic carbocycles. The predicted molar refractivity (Wildman–Crippen MR) is 100 cm³/mol. The minimum atomic E-state index is -3.59. The van der Waals surface area contributed by atoms with Crippen LogP contribution >= 0.6 is 0 Å². The first-order valence-electron chi connectivity index (χ1n) is 9.10. The van der Waals surface area contributed by atoms with Gasteiger partial charge in [0.15, 0.2) is 0 Å². The van der Waals surface area contributed by atoms with Gasteiger partial charge in [-0.2, -0.15) is 4.31 Å². The van der Waals surface area contributed by atoms with Crippen LogP contribution in [0.2, 0.25) is 0 Å². The molecule has 0 spiro atoms. The number of hydrogen-bond acceptors (Lipinski definition) is 3. The molecular weight excluding hydrogens is 336 g/mol. The molecule has 2 rings (SSSR count). The SMILES string of the molecule is CC(C)N(C)S(=O)(=O)c1cccc(C(=O)N(C)C2CCCCCC2)c1. The molecule has 1 fully saturated rings. The molecule has 1 aliphatic rings. The molecule has 0 saturated heterocycles. The summed E-state index contributed by atoms with van der Waals surface area (Å²) in [7, 11) is -0.193. The lowest BCUT2D eigenvalue weighted by Gasteiger charge is -2.27. The third kappa shape index (κ3) is 4.61. The Labute approximate surface area is 152 Å². The lowest BCUT2D eigenvalue weighted by molar-refractivity contribution is 0.0717. The zero-order valence-electron chi connectivity index (χ0n) is 15.7. The molecule has 0 atom stereocenters. The van der Waals surface area contributed by atoms with E-state index in [1.807, 2.05) is 20.9 Å². The molecule has 140 valence electrons. The van der Waals surface area contributed by atoms with Crippen LogP contribution in [0.3, 0.4) is 0 Å². The van der Waals surface area contributed by atoms with Crippen molar-refractivity contribution in [1.82, 2.24) is 9.21 Å². The number of carbonyl (C=O) groups excluding carboxylic acids is 1. The van der Waals surface area contributed by atoms with Crippen molar-refractivity contribution in [2.75, 3.05) is 14.1 Å². The number of carbonyl (C=O) groups is 1. The van der Waals surface area contributed by atoms with Gasteiger partial charge in [0.1, 0.15) is 0 Å². The zero-order valence-corrected chi connectivity index (χ0v) is 16.6. The first-order chi connectivity index (χ1) is 11.7. The van der Waals surface area contributed by atoms with E-state index in [2.05, 4.69) is 0 Å². The van der Waals surface area contributed by atoms with Crippen molar-refractivity contribution in [3.05, 3.63) is 29.8 Å². The minimum absolute atomic E-state index is 0.101. The molecule has 1 aliphatic carbocycles. The van der Waals surface area contributed by atoms with Crippen LogP contribution in [0.15, 0.2) is 29.2 Å². The summed E-state index contributed by atoms with van der Waals surface area (Å²) in [6.07, 6.45) is 6.81. The Morgan fingerprint density at radius 2 is 1.68 bits per heavy atom. The molecule has 1 saturated carbocycles. The summed E-state index contributed by atoms with van der Waals surface area (Å²) in [5, 5.41) is 0. The van der Waals surface area contributed by atoms with E-state index in [0.29, 0.717) is 5.56 Å². The topological polar surface area (TPSA) is 57.7 Å². The van der Waals surface area contributed by atoms with E-state index in [4.69, 9.17) is 0 Å². The monoisotopic (exact) mass is 366 g/mol. The highest BCUT2D eigenvalue weighted by Gasteiger charge is 2.26. The molecule has 1 aromatic rings. The van der Waals surface area contributed by atoms with E-state index in [1.165, 1.54) is 23.2 Å². The Kier molecular flexibility index (Phi) is 6.63. The van der Waals surface area contributed by atoms with Crippen LogP contribution in [0, 0.1) is 0 Å². The molecule has 0 aromatic heterocycles. The van der Waals surface area contributed by atoms with Crippen molar-refractivity contribution in [2.24, 2.45) is 0 Å². The van der Waals surface area contributed by atoms with Crippen LogP contribution in [0.25, 0.3) is 0 Å². The van der Waals surface area contributed by atoms with Gasteiger partial charge in [0.25, 0.3) is 5.91 Å². The maximum Gasteiger partial charge on any atom is 0.253 e. The molecule has 0 radical (unpaired) electrons. The zero-order chi connectivity index (χ0) is 18.6. The van der Waals surface area contributed by atoms with Gasteiger partial charge in [0.2, 0.25) is 10.0 Å². The summed E-state index contributed by atoms with van der Waals surface area (Å²) in [6.45, 7) is 3.65. The normalized spacial score (nSPS) is 16.9. The number of nitrogens with zero attached hydrogens (tertiary/aromatic N) is 2. The van der Waals surface area contributed by atoms with E-state index in [1.54, 1.807) is 30.1 Å². The highest BCUT2D eigenvalue weighted by Crippen LogP contribution is 2.23. The predicted octanol–water partition coefficient (Wildman–Crippen LogP) is 3.51. The van der Waals surface area contributed by atoms with E-state index in [9.17, 15) is 13.2 Å². The average Bonchev–Trinajstić information content (AvgIpc) is 2.89. The van der Waals surface area contributed by atoms with Crippen molar-refractivity contribution in [2.45, 2.75) is 69.4 Å². The van der Waals surface area contributed by atoms with Gasteiger partial charge in [0, 0.05) is 31.7 Å². The van der Waals surface area contributed by atoms with Crippen molar-refractivity contribution in [3.63, 3.8) is 0 Å². The van der Waals surface area contributed by atoms with Crippen molar-refractivity contribution < 1.29 is 13.2 Å². The van der Waals surface area contributed by atoms with Crippen LogP contribution in [-0.2, 0) is 10.0 Å². The van der Waals surface area contributed by atoms with Gasteiger partial charge in [-0.15, -0.1) is 0 Å². The van der Waals surface area contributed by atoms with E-state index in [0.717, 1.165) is 25.7 Å². The molecule has 1 amide bonds. The highest BCUT2D eigenvalue weighted by molar-refractivity contribution is 7.89. The molecule has 0 N–H and O–H groups in total.